The van der Waals surface area contributed by atoms with Crippen molar-refractivity contribution in [2.75, 3.05) is 34.4 Å². The highest BCUT2D eigenvalue weighted by atomic mass is 32.2. The number of likely N-dealkylation sites (N-methyl/N-ethyl adjacent to an activating group) is 1. The number of aromatic amines is 1. The molecule has 1 aromatic heterocycles. The number of aromatic nitrogens is 1. The van der Waals surface area contributed by atoms with Crippen LogP contribution in [0.3, 0.4) is 0 Å². The zero-order valence-corrected chi connectivity index (χ0v) is 24.4. The molecule has 0 spiro atoms. The summed E-state index contributed by atoms with van der Waals surface area (Å²) in [6.07, 6.45) is 2.49. The fourth-order valence-corrected chi connectivity index (χ4v) is 7.15. The maximum Gasteiger partial charge on any atom is 0.271 e. The number of ether oxygens (including phenoxy) is 1. The number of hydrogen-bond acceptors (Lipinski definition) is 7. The topological polar surface area (TPSA) is 150 Å². The van der Waals surface area contributed by atoms with Crippen molar-refractivity contribution in [3.8, 4) is 5.75 Å². The van der Waals surface area contributed by atoms with Crippen LogP contribution in [-0.2, 0) is 24.4 Å². The predicted octanol–water partition coefficient (Wildman–Crippen LogP) is 1.64. The number of nitrogens with zero attached hydrogens (tertiary/aromatic N) is 2. The molecule has 1 aliphatic carbocycles. The lowest BCUT2D eigenvalue weighted by molar-refractivity contribution is -0.172. The van der Waals surface area contributed by atoms with Gasteiger partial charge in [0.1, 0.15) is 23.5 Å². The van der Waals surface area contributed by atoms with Crippen molar-refractivity contribution in [3.05, 3.63) is 30.0 Å². The average molecular weight is 578 g/mol. The number of likely N-dealkylation sites (tertiary alicyclic amines) is 1. The minimum absolute atomic E-state index is 0.0540. The quantitative estimate of drug-likeness (QED) is 0.344. The Kier molecular flexibility index (Phi) is 9.06. The van der Waals surface area contributed by atoms with E-state index < -0.39 is 39.2 Å². The first-order valence-electron chi connectivity index (χ1n) is 13.6. The Balaban J connectivity index is 1.61. The number of methoxy groups -OCH3 is 1. The Morgan fingerprint density at radius 2 is 1.98 bits per heavy atom. The number of carbonyl (C=O) groups is 3. The van der Waals surface area contributed by atoms with Gasteiger partial charge in [-0.15, -0.1) is 0 Å². The van der Waals surface area contributed by atoms with Gasteiger partial charge in [0.25, 0.3) is 11.8 Å². The maximum absolute atomic E-state index is 13.9. The third-order valence-electron chi connectivity index (χ3n) is 8.14. The summed E-state index contributed by atoms with van der Waals surface area (Å²) in [5.74, 6) is -0.633. The Bertz CT molecular complexity index is 1360. The normalized spacial score (nSPS) is 22.1. The first-order chi connectivity index (χ1) is 19.0. The summed E-state index contributed by atoms with van der Waals surface area (Å²) in [4.78, 5) is 50.6. The number of hydrogen-bond donors (Lipinski definition) is 3. The Hall–Kier alpha value is -3.16. The largest absolute Gasteiger partial charge is 0.496 e. The van der Waals surface area contributed by atoms with Crippen LogP contribution in [-0.4, -0.2) is 92.8 Å². The van der Waals surface area contributed by atoms with Crippen LogP contribution in [0.5, 0.6) is 5.75 Å². The molecule has 1 unspecified atom stereocenters. The van der Waals surface area contributed by atoms with Gasteiger partial charge in [-0.05, 0) is 56.2 Å². The number of rotatable bonds is 11. The number of fused-ring (bicyclic) bond motifs is 2. The van der Waals surface area contributed by atoms with Gasteiger partial charge in [-0.2, -0.15) is 0 Å². The summed E-state index contributed by atoms with van der Waals surface area (Å²) < 4.78 is 33.1. The first-order valence-corrected chi connectivity index (χ1v) is 15.1. The third-order valence-corrected chi connectivity index (χ3v) is 10.1. The SMILES string of the molecule is CCNS(=O)(=O)C(C)C[C@H](NC(=O)[C@@H]1[C@H]2CCC[C@H]2CN1C(=O)c1cc2c(OC)cccc2[nH]1)C(=O)N(C)OC. The number of carbonyl (C=O) groups excluding carboxylic acids is 3. The van der Waals surface area contributed by atoms with Crippen LogP contribution in [0.4, 0.5) is 0 Å². The van der Waals surface area contributed by atoms with Crippen molar-refractivity contribution < 1.29 is 32.4 Å². The number of amides is 3. The lowest BCUT2D eigenvalue weighted by atomic mass is 9.93. The molecule has 1 saturated carbocycles. The van der Waals surface area contributed by atoms with Gasteiger partial charge in [-0.25, -0.2) is 18.2 Å². The van der Waals surface area contributed by atoms with Crippen molar-refractivity contribution in [1.82, 2.24) is 25.0 Å². The number of hydroxylamine groups is 2. The number of H-pyrrole nitrogens is 1. The third kappa shape index (κ3) is 5.81. The van der Waals surface area contributed by atoms with Gasteiger partial charge in [0.2, 0.25) is 15.9 Å². The standard InChI is InChI=1S/C27H39N5O7S/c1-6-28-40(36,37)16(2)13-21(26(34)31(3)39-5)30-25(33)24-18-10-7-9-17(18)15-32(24)27(35)22-14-19-20(29-22)11-8-12-23(19)38-4/h8,11-12,14,16-18,21,24,28-29H,6-7,9-10,13,15H2,1-5H3,(H,30,33)/t16?,17-,18-,21-,24-/m0/s1. The van der Waals surface area contributed by atoms with Gasteiger partial charge in [-0.1, -0.05) is 19.4 Å². The molecule has 2 aromatic rings. The fraction of sp³-hybridized carbons (Fsp3) is 0.593. The highest BCUT2D eigenvalue weighted by molar-refractivity contribution is 7.90. The van der Waals surface area contributed by atoms with Crippen molar-refractivity contribution >= 4 is 38.6 Å². The summed E-state index contributed by atoms with van der Waals surface area (Å²) in [5, 5.41) is 3.55. The fourth-order valence-electron chi connectivity index (χ4n) is 6.02. The minimum Gasteiger partial charge on any atom is -0.496 e. The lowest BCUT2D eigenvalue weighted by Crippen LogP contribution is -2.55. The van der Waals surface area contributed by atoms with Crippen LogP contribution in [0.25, 0.3) is 10.9 Å². The van der Waals surface area contributed by atoms with Gasteiger partial charge >= 0.3 is 0 Å². The van der Waals surface area contributed by atoms with E-state index in [1.165, 1.54) is 21.1 Å². The molecule has 1 aliphatic heterocycles. The molecule has 40 heavy (non-hydrogen) atoms. The zero-order chi connectivity index (χ0) is 29.2. The van der Waals surface area contributed by atoms with Crippen LogP contribution in [0.15, 0.2) is 24.3 Å². The van der Waals surface area contributed by atoms with Crippen molar-refractivity contribution in [2.24, 2.45) is 11.8 Å². The van der Waals surface area contributed by atoms with Crippen LogP contribution >= 0.6 is 0 Å². The van der Waals surface area contributed by atoms with E-state index in [9.17, 15) is 22.8 Å². The minimum atomic E-state index is -3.71. The van der Waals surface area contributed by atoms with Crippen molar-refractivity contribution in [3.63, 3.8) is 0 Å². The average Bonchev–Trinajstić information content (AvgIpc) is 3.65. The van der Waals surface area contributed by atoms with E-state index in [1.54, 1.807) is 25.0 Å². The molecule has 2 heterocycles. The molecule has 4 rings (SSSR count). The first kappa shape index (κ1) is 29.8. The molecule has 3 N–H and O–H groups in total. The van der Waals surface area contributed by atoms with Gasteiger partial charge in [-0.3, -0.25) is 19.2 Å². The lowest BCUT2D eigenvalue weighted by Gasteiger charge is -2.30. The summed E-state index contributed by atoms with van der Waals surface area (Å²) in [6, 6.07) is 5.25. The van der Waals surface area contributed by atoms with E-state index in [2.05, 4.69) is 15.0 Å². The number of sulfonamides is 1. The molecule has 2 aliphatic rings. The number of nitrogens with one attached hydrogen (secondary N) is 3. The molecule has 3 amide bonds. The van der Waals surface area contributed by atoms with Crippen LogP contribution < -0.4 is 14.8 Å². The molecule has 0 bridgehead atoms. The van der Waals surface area contributed by atoms with Gasteiger partial charge in [0.05, 0.1) is 19.5 Å². The number of benzene rings is 1. The maximum atomic E-state index is 13.9. The summed E-state index contributed by atoms with van der Waals surface area (Å²) in [6.45, 7) is 3.79. The molecule has 5 atom stereocenters. The summed E-state index contributed by atoms with van der Waals surface area (Å²) in [7, 11) is 0.560. The van der Waals surface area contributed by atoms with Gasteiger partial charge in [0, 0.05) is 31.0 Å². The second kappa shape index (κ2) is 12.1. The van der Waals surface area contributed by atoms with Gasteiger partial charge < -0.3 is 19.9 Å². The second-order valence-electron chi connectivity index (χ2n) is 10.5. The molecular formula is C27H39N5O7S. The smallest absolute Gasteiger partial charge is 0.271 e. The van der Waals surface area contributed by atoms with E-state index in [0.29, 0.717) is 18.0 Å². The molecule has 0 radical (unpaired) electrons. The van der Waals surface area contributed by atoms with E-state index in [-0.39, 0.29) is 30.7 Å². The Morgan fingerprint density at radius 3 is 2.65 bits per heavy atom. The van der Waals surface area contributed by atoms with Crippen LogP contribution in [0, 0.1) is 11.8 Å². The highest BCUT2D eigenvalue weighted by Crippen LogP contribution is 2.43. The molecular weight excluding hydrogens is 538 g/mol. The van der Waals surface area contributed by atoms with Crippen LogP contribution in [0.2, 0.25) is 0 Å². The molecule has 12 nitrogen and oxygen atoms in total. The van der Waals surface area contributed by atoms with E-state index in [4.69, 9.17) is 9.57 Å². The molecule has 220 valence electrons. The zero-order valence-electron chi connectivity index (χ0n) is 23.6. The summed E-state index contributed by atoms with van der Waals surface area (Å²) >= 11 is 0. The van der Waals surface area contributed by atoms with Gasteiger partial charge in [0.15, 0.2) is 0 Å². The summed E-state index contributed by atoms with van der Waals surface area (Å²) in [5.41, 5.74) is 1.08. The Morgan fingerprint density at radius 1 is 1.23 bits per heavy atom. The van der Waals surface area contributed by atoms with Crippen molar-refractivity contribution in [1.29, 1.82) is 0 Å². The van der Waals surface area contributed by atoms with Crippen molar-refractivity contribution in [2.45, 2.75) is 56.9 Å². The molecule has 2 fully saturated rings. The van der Waals surface area contributed by atoms with Crippen LogP contribution in [0.1, 0.15) is 50.0 Å². The van der Waals surface area contributed by atoms with E-state index >= 15 is 0 Å². The predicted molar refractivity (Wildman–Crippen MR) is 149 cm³/mol. The molecule has 1 aromatic carbocycles. The Labute approximate surface area is 234 Å². The van der Waals surface area contributed by atoms with E-state index in [0.717, 1.165) is 35.2 Å². The second-order valence-corrected chi connectivity index (χ2v) is 12.7. The molecule has 13 heteroatoms. The monoisotopic (exact) mass is 577 g/mol. The molecule has 1 saturated heterocycles. The highest BCUT2D eigenvalue weighted by Gasteiger charge is 2.50. The van der Waals surface area contributed by atoms with E-state index in [1.807, 2.05) is 18.2 Å².